The van der Waals surface area contributed by atoms with Crippen LogP contribution in [0.5, 0.6) is 0 Å². The lowest BCUT2D eigenvalue weighted by atomic mass is 10.1. The van der Waals surface area contributed by atoms with Crippen molar-refractivity contribution in [1.82, 2.24) is 30.3 Å². The van der Waals surface area contributed by atoms with Gasteiger partial charge < -0.3 is 9.88 Å². The van der Waals surface area contributed by atoms with Gasteiger partial charge in [0.25, 0.3) is 0 Å². The predicted molar refractivity (Wildman–Crippen MR) is 109 cm³/mol. The van der Waals surface area contributed by atoms with Crippen molar-refractivity contribution in [3.8, 4) is 11.5 Å². The minimum absolute atomic E-state index is 0.290. The minimum atomic E-state index is -4.40. The number of likely N-dealkylation sites (tertiary alicyclic amines) is 1. The van der Waals surface area contributed by atoms with Gasteiger partial charge >= 0.3 is 6.18 Å². The number of hydrogen-bond acceptors (Lipinski definition) is 6. The number of anilines is 1. The quantitative estimate of drug-likeness (QED) is 0.547. The van der Waals surface area contributed by atoms with Gasteiger partial charge in [-0.2, -0.15) is 13.2 Å². The monoisotopic (exact) mass is 419 g/mol. The van der Waals surface area contributed by atoms with E-state index in [0.29, 0.717) is 34.5 Å². The molecule has 30 heavy (non-hydrogen) atoms. The van der Waals surface area contributed by atoms with Gasteiger partial charge in [-0.3, -0.25) is 5.43 Å². The van der Waals surface area contributed by atoms with Crippen LogP contribution in [0, 0.1) is 6.92 Å². The Hall–Kier alpha value is -2.72. The molecule has 1 saturated heterocycles. The first-order valence-corrected chi connectivity index (χ1v) is 9.98. The number of rotatable bonds is 5. The molecule has 10 heteroatoms. The van der Waals surface area contributed by atoms with Gasteiger partial charge in [0, 0.05) is 18.3 Å². The van der Waals surface area contributed by atoms with Gasteiger partial charge in [-0.1, -0.05) is 6.92 Å². The molecule has 1 atom stereocenters. The Morgan fingerprint density at radius 1 is 1.20 bits per heavy atom. The van der Waals surface area contributed by atoms with E-state index >= 15 is 0 Å². The Kier molecular flexibility index (Phi) is 5.61. The van der Waals surface area contributed by atoms with E-state index in [1.54, 1.807) is 6.07 Å². The van der Waals surface area contributed by atoms with E-state index in [1.165, 1.54) is 6.07 Å². The molecule has 0 bridgehead atoms. The maximum atomic E-state index is 13.0. The first-order valence-electron chi connectivity index (χ1n) is 9.98. The summed E-state index contributed by atoms with van der Waals surface area (Å²) in [6.07, 6.45) is -2.21. The zero-order valence-electron chi connectivity index (χ0n) is 16.8. The van der Waals surface area contributed by atoms with Crippen molar-refractivity contribution < 1.29 is 13.2 Å². The molecule has 3 N–H and O–H groups in total. The number of aromatic amines is 1. The third-order valence-electron chi connectivity index (χ3n) is 5.25. The number of H-pyrrole nitrogens is 1. The van der Waals surface area contributed by atoms with Gasteiger partial charge in [0.2, 0.25) is 5.95 Å². The molecule has 1 aliphatic rings. The van der Waals surface area contributed by atoms with Crippen LogP contribution in [0.1, 0.15) is 31.0 Å². The SMILES string of the molecule is CCN1CCCC(NNc2nc(C)cc(-c3nc4ccc(C(F)(F)F)cc4[nH]3)n2)C1. The summed E-state index contributed by atoms with van der Waals surface area (Å²) in [6, 6.07) is 5.48. The largest absolute Gasteiger partial charge is 0.416 e. The molecular formula is C20H24F3N7. The summed E-state index contributed by atoms with van der Waals surface area (Å²) in [4.78, 5) is 18.6. The highest BCUT2D eigenvalue weighted by Gasteiger charge is 2.30. The number of hydrazine groups is 1. The molecule has 4 rings (SSSR count). The van der Waals surface area contributed by atoms with Crippen molar-refractivity contribution in [2.24, 2.45) is 0 Å². The number of fused-ring (bicyclic) bond motifs is 1. The van der Waals surface area contributed by atoms with Gasteiger partial charge in [0.15, 0.2) is 5.82 Å². The lowest BCUT2D eigenvalue weighted by Gasteiger charge is -2.32. The van der Waals surface area contributed by atoms with Crippen molar-refractivity contribution in [2.75, 3.05) is 25.1 Å². The molecule has 0 saturated carbocycles. The summed E-state index contributed by atoms with van der Waals surface area (Å²) < 4.78 is 38.9. The molecule has 0 radical (unpaired) electrons. The molecule has 3 heterocycles. The second-order valence-corrected chi connectivity index (χ2v) is 7.53. The van der Waals surface area contributed by atoms with Crippen molar-refractivity contribution in [1.29, 1.82) is 0 Å². The van der Waals surface area contributed by atoms with Crippen molar-refractivity contribution >= 4 is 17.0 Å². The number of aromatic nitrogens is 4. The van der Waals surface area contributed by atoms with Gasteiger partial charge in [-0.15, -0.1) is 0 Å². The first kappa shape index (κ1) is 20.5. The predicted octanol–water partition coefficient (Wildman–Crippen LogP) is 3.75. The lowest BCUT2D eigenvalue weighted by molar-refractivity contribution is -0.137. The topological polar surface area (TPSA) is 81.8 Å². The highest BCUT2D eigenvalue weighted by atomic mass is 19.4. The average Bonchev–Trinajstić information content (AvgIpc) is 3.15. The molecule has 1 aromatic carbocycles. The van der Waals surface area contributed by atoms with Crippen LogP contribution in [0.3, 0.4) is 0 Å². The number of piperidine rings is 1. The lowest BCUT2D eigenvalue weighted by Crippen LogP contribution is -2.47. The van der Waals surface area contributed by atoms with Gasteiger partial charge in [0.05, 0.1) is 16.6 Å². The minimum Gasteiger partial charge on any atom is -0.337 e. The van der Waals surface area contributed by atoms with E-state index in [4.69, 9.17) is 0 Å². The molecule has 0 amide bonds. The third kappa shape index (κ3) is 4.54. The smallest absolute Gasteiger partial charge is 0.337 e. The Bertz CT molecular complexity index is 1030. The van der Waals surface area contributed by atoms with Crippen LogP contribution in [0.25, 0.3) is 22.6 Å². The number of benzene rings is 1. The van der Waals surface area contributed by atoms with E-state index < -0.39 is 11.7 Å². The Morgan fingerprint density at radius 2 is 2.03 bits per heavy atom. The number of aryl methyl sites for hydroxylation is 1. The molecule has 7 nitrogen and oxygen atoms in total. The summed E-state index contributed by atoms with van der Waals surface area (Å²) in [5.41, 5.74) is 7.64. The zero-order valence-corrected chi connectivity index (χ0v) is 16.8. The van der Waals surface area contributed by atoms with E-state index in [0.717, 1.165) is 50.3 Å². The summed E-state index contributed by atoms with van der Waals surface area (Å²) in [7, 11) is 0. The fraction of sp³-hybridized carbons (Fsp3) is 0.450. The maximum Gasteiger partial charge on any atom is 0.416 e. The molecule has 1 fully saturated rings. The van der Waals surface area contributed by atoms with Crippen molar-refractivity contribution in [3.05, 3.63) is 35.5 Å². The number of halogens is 3. The molecule has 1 unspecified atom stereocenters. The van der Waals surface area contributed by atoms with E-state index in [1.807, 2.05) is 6.92 Å². The van der Waals surface area contributed by atoms with Crippen LogP contribution in [0.2, 0.25) is 0 Å². The second kappa shape index (κ2) is 8.19. The average molecular weight is 419 g/mol. The Morgan fingerprint density at radius 3 is 2.80 bits per heavy atom. The van der Waals surface area contributed by atoms with Crippen LogP contribution < -0.4 is 10.9 Å². The molecule has 0 aliphatic carbocycles. The molecule has 0 spiro atoms. The van der Waals surface area contributed by atoms with Gasteiger partial charge in [-0.25, -0.2) is 20.4 Å². The molecule has 160 valence electrons. The van der Waals surface area contributed by atoms with Crippen LogP contribution >= 0.6 is 0 Å². The van der Waals surface area contributed by atoms with E-state index in [2.05, 4.69) is 42.6 Å². The highest BCUT2D eigenvalue weighted by Crippen LogP contribution is 2.31. The Labute approximate surface area is 172 Å². The van der Waals surface area contributed by atoms with Crippen molar-refractivity contribution in [2.45, 2.75) is 38.9 Å². The molecular weight excluding hydrogens is 395 g/mol. The molecule has 1 aliphatic heterocycles. The van der Waals surface area contributed by atoms with Gasteiger partial charge in [0.1, 0.15) is 5.69 Å². The number of alkyl halides is 3. The summed E-state index contributed by atoms with van der Waals surface area (Å²) in [6.45, 7) is 7.07. The van der Waals surface area contributed by atoms with Crippen LogP contribution in [0.15, 0.2) is 24.3 Å². The molecule has 3 aromatic rings. The number of nitrogens with one attached hydrogen (secondary N) is 3. The fourth-order valence-corrected chi connectivity index (χ4v) is 3.68. The van der Waals surface area contributed by atoms with Gasteiger partial charge in [-0.05, 0) is 57.1 Å². The highest BCUT2D eigenvalue weighted by molar-refractivity contribution is 5.79. The second-order valence-electron chi connectivity index (χ2n) is 7.53. The van der Waals surface area contributed by atoms with Crippen molar-refractivity contribution in [3.63, 3.8) is 0 Å². The van der Waals surface area contributed by atoms with E-state index in [9.17, 15) is 13.2 Å². The fourth-order valence-electron chi connectivity index (χ4n) is 3.68. The third-order valence-corrected chi connectivity index (χ3v) is 5.25. The maximum absolute atomic E-state index is 13.0. The summed E-state index contributed by atoms with van der Waals surface area (Å²) in [5, 5.41) is 0. The van der Waals surface area contributed by atoms with Crippen LogP contribution in [-0.2, 0) is 6.18 Å². The molecule has 2 aromatic heterocycles. The number of nitrogens with zero attached hydrogens (tertiary/aromatic N) is 4. The summed E-state index contributed by atoms with van der Waals surface area (Å²) >= 11 is 0. The number of hydrogen-bond donors (Lipinski definition) is 3. The number of likely N-dealkylation sites (N-methyl/N-ethyl adjacent to an activating group) is 1. The number of imidazole rings is 1. The standard InChI is InChI=1S/C20H24F3N7/c1-3-30-8-4-5-14(11-30)28-29-19-24-12(2)9-17(27-19)18-25-15-7-6-13(20(21,22)23)10-16(15)26-18/h6-7,9-10,14,28H,3-5,8,11H2,1-2H3,(H,25,26)(H,24,27,29). The van der Waals surface area contributed by atoms with Crippen LogP contribution in [-0.4, -0.2) is 50.5 Å². The van der Waals surface area contributed by atoms with Crippen LogP contribution in [0.4, 0.5) is 19.1 Å². The zero-order chi connectivity index (χ0) is 21.3. The first-order chi connectivity index (χ1) is 14.3. The Balaban J connectivity index is 1.54. The van der Waals surface area contributed by atoms with E-state index in [-0.39, 0.29) is 0 Å². The normalized spacial score (nSPS) is 18.1. The summed E-state index contributed by atoms with van der Waals surface area (Å²) in [5.74, 6) is 0.794.